The van der Waals surface area contributed by atoms with Gasteiger partial charge in [0.15, 0.2) is 0 Å². The van der Waals surface area contributed by atoms with Crippen molar-refractivity contribution in [3.8, 4) is 0 Å². The maximum absolute atomic E-state index is 12.6. The van der Waals surface area contributed by atoms with E-state index >= 15 is 0 Å². The van der Waals surface area contributed by atoms with Gasteiger partial charge in [-0.1, -0.05) is 30.3 Å². The Morgan fingerprint density at radius 1 is 1.11 bits per heavy atom. The minimum absolute atomic E-state index is 0.0102. The van der Waals surface area contributed by atoms with Crippen LogP contribution in [0.5, 0.6) is 0 Å². The van der Waals surface area contributed by atoms with E-state index in [-0.39, 0.29) is 17.7 Å². The highest BCUT2D eigenvalue weighted by Crippen LogP contribution is 2.21. The first-order chi connectivity index (χ1) is 13.0. The molecule has 3 rings (SSSR count). The maximum Gasteiger partial charge on any atom is 0.263 e. The number of likely N-dealkylation sites (tertiary alicyclic amines) is 1. The summed E-state index contributed by atoms with van der Waals surface area (Å²) in [6, 6.07) is 12.0. The molecule has 0 atom stereocenters. The van der Waals surface area contributed by atoms with E-state index in [4.69, 9.17) is 0 Å². The van der Waals surface area contributed by atoms with Gasteiger partial charge >= 0.3 is 0 Å². The van der Waals surface area contributed by atoms with Gasteiger partial charge in [-0.15, -0.1) is 11.3 Å². The van der Waals surface area contributed by atoms with Crippen molar-refractivity contribution >= 4 is 23.2 Å². The molecule has 1 aromatic carbocycles. The molecular weight excluding hydrogens is 358 g/mol. The number of hydrogen-bond acceptors (Lipinski definition) is 3. The normalized spacial score (nSPS) is 15.1. The average molecular weight is 387 g/mol. The van der Waals surface area contributed by atoms with Gasteiger partial charge in [0.05, 0.1) is 19.0 Å². The zero-order valence-electron chi connectivity index (χ0n) is 16.0. The first-order valence-electron chi connectivity index (χ1n) is 9.51. The van der Waals surface area contributed by atoms with Gasteiger partial charge in [-0.2, -0.15) is 0 Å². The molecule has 1 aliphatic heterocycles. The number of hydrogen-bond donors (Lipinski definition) is 2. The van der Waals surface area contributed by atoms with Crippen LogP contribution in [0.15, 0.2) is 41.8 Å². The summed E-state index contributed by atoms with van der Waals surface area (Å²) in [5.74, 6) is 0.179. The second-order valence-corrected chi connectivity index (χ2v) is 8.36. The molecule has 0 aliphatic carbocycles. The van der Waals surface area contributed by atoms with Gasteiger partial charge in [0.2, 0.25) is 5.91 Å². The molecule has 2 aromatic rings. The molecule has 0 saturated carbocycles. The molecule has 27 heavy (non-hydrogen) atoms. The second kappa shape index (κ2) is 9.15. The van der Waals surface area contributed by atoms with Crippen LogP contribution in [0.25, 0.3) is 0 Å². The van der Waals surface area contributed by atoms with E-state index in [0.717, 1.165) is 24.3 Å². The molecule has 0 radical (unpaired) electrons. The molecule has 2 amide bonds. The van der Waals surface area contributed by atoms with Crippen LogP contribution in [0.1, 0.15) is 33.6 Å². The number of nitrogens with one attached hydrogen (secondary N) is 2. The molecule has 1 aliphatic rings. The lowest BCUT2D eigenvalue weighted by atomic mass is 9.95. The molecule has 5 nitrogen and oxygen atoms in total. The molecule has 0 spiro atoms. The van der Waals surface area contributed by atoms with Crippen molar-refractivity contribution in [2.24, 2.45) is 5.92 Å². The molecule has 0 unspecified atom stereocenters. The summed E-state index contributed by atoms with van der Waals surface area (Å²) in [6.07, 6.45) is 1.46. The Morgan fingerprint density at radius 3 is 2.44 bits per heavy atom. The van der Waals surface area contributed by atoms with Crippen molar-refractivity contribution in [2.45, 2.75) is 25.9 Å². The lowest BCUT2D eigenvalue weighted by Gasteiger charge is -2.31. The molecular formula is C21H28N3O2S+. The number of amides is 2. The maximum atomic E-state index is 12.6. The van der Waals surface area contributed by atoms with Gasteiger partial charge < -0.3 is 15.1 Å². The first kappa shape index (κ1) is 19.6. The minimum atomic E-state index is -0.0102. The van der Waals surface area contributed by atoms with Crippen LogP contribution in [0.4, 0.5) is 0 Å². The van der Waals surface area contributed by atoms with E-state index in [2.05, 4.69) is 31.5 Å². The van der Waals surface area contributed by atoms with Crippen LogP contribution < -0.4 is 10.2 Å². The topological polar surface area (TPSA) is 53.9 Å². The minimum Gasteiger partial charge on any atom is -0.352 e. The van der Waals surface area contributed by atoms with Crippen LogP contribution in [-0.4, -0.2) is 43.9 Å². The Hall–Kier alpha value is -2.18. The van der Waals surface area contributed by atoms with Crippen molar-refractivity contribution in [2.75, 3.05) is 27.2 Å². The number of thiophene rings is 1. The number of quaternary nitrogens is 1. The third-order valence-electron chi connectivity index (χ3n) is 5.00. The van der Waals surface area contributed by atoms with E-state index in [9.17, 15) is 9.59 Å². The molecule has 1 fully saturated rings. The number of piperidine rings is 1. The summed E-state index contributed by atoms with van der Waals surface area (Å²) in [4.78, 5) is 29.0. The zero-order valence-corrected chi connectivity index (χ0v) is 16.8. The number of carbonyl (C=O) groups excluding carboxylic acids is 2. The predicted octanol–water partition coefficient (Wildman–Crippen LogP) is 1.56. The van der Waals surface area contributed by atoms with Gasteiger partial charge in [0, 0.05) is 31.1 Å². The van der Waals surface area contributed by atoms with Crippen LogP contribution >= 0.6 is 11.3 Å². The highest BCUT2D eigenvalue weighted by atomic mass is 32.1. The zero-order chi connectivity index (χ0) is 19.2. The Kier molecular flexibility index (Phi) is 6.63. The smallest absolute Gasteiger partial charge is 0.263 e. The summed E-state index contributed by atoms with van der Waals surface area (Å²) in [5, 5.41) is 5.02. The first-order valence-corrected chi connectivity index (χ1v) is 10.4. The van der Waals surface area contributed by atoms with Gasteiger partial charge in [-0.3, -0.25) is 9.59 Å². The Morgan fingerprint density at radius 2 is 1.81 bits per heavy atom. The van der Waals surface area contributed by atoms with Gasteiger partial charge in [-0.25, -0.2) is 0 Å². The standard InChI is InChI=1S/C21H27N3O2S/c1-23(2)15-18-7-4-3-6-17(18)14-22-20(25)16-9-11-24(12-10-16)21(26)19-8-5-13-27-19/h3-8,13,16H,9-12,14-15H2,1-2H3,(H,22,25)/p+1. The van der Waals surface area contributed by atoms with Gasteiger partial charge in [0.1, 0.15) is 6.54 Å². The molecule has 0 bridgehead atoms. The lowest BCUT2D eigenvalue weighted by Crippen LogP contribution is -3.04. The molecule has 1 aromatic heterocycles. The largest absolute Gasteiger partial charge is 0.352 e. The SMILES string of the molecule is C[NH+](C)Cc1ccccc1CNC(=O)C1CCN(C(=O)c2cccs2)CC1. The molecule has 2 N–H and O–H groups in total. The summed E-state index contributed by atoms with van der Waals surface area (Å²) >= 11 is 1.47. The van der Waals surface area contributed by atoms with Gasteiger partial charge in [-0.05, 0) is 29.9 Å². The van der Waals surface area contributed by atoms with Crippen LogP contribution in [0.3, 0.4) is 0 Å². The van der Waals surface area contributed by atoms with Crippen LogP contribution in [0.2, 0.25) is 0 Å². The summed E-state index contributed by atoms with van der Waals surface area (Å²) < 4.78 is 0. The average Bonchev–Trinajstić information content (AvgIpc) is 3.21. The predicted molar refractivity (Wildman–Crippen MR) is 108 cm³/mol. The summed E-state index contributed by atoms with van der Waals surface area (Å²) in [7, 11) is 4.25. The monoisotopic (exact) mass is 386 g/mol. The Bertz CT molecular complexity index is 765. The fourth-order valence-electron chi connectivity index (χ4n) is 3.51. The quantitative estimate of drug-likeness (QED) is 0.792. The highest BCUT2D eigenvalue weighted by molar-refractivity contribution is 7.12. The van der Waals surface area contributed by atoms with E-state index in [1.54, 1.807) is 0 Å². The molecule has 144 valence electrons. The molecule has 6 heteroatoms. The summed E-state index contributed by atoms with van der Waals surface area (Å²) in [6.45, 7) is 2.80. The van der Waals surface area contributed by atoms with E-state index in [1.165, 1.54) is 27.4 Å². The fourth-order valence-corrected chi connectivity index (χ4v) is 4.20. The number of nitrogens with zero attached hydrogens (tertiary/aromatic N) is 1. The number of rotatable bonds is 6. The van der Waals surface area contributed by atoms with E-state index in [0.29, 0.717) is 19.6 Å². The lowest BCUT2D eigenvalue weighted by molar-refractivity contribution is -0.872. The van der Waals surface area contributed by atoms with Crippen molar-refractivity contribution in [3.63, 3.8) is 0 Å². The van der Waals surface area contributed by atoms with Crippen molar-refractivity contribution in [1.29, 1.82) is 0 Å². The van der Waals surface area contributed by atoms with Crippen molar-refractivity contribution in [3.05, 3.63) is 57.8 Å². The molecule has 1 saturated heterocycles. The number of carbonyl (C=O) groups is 2. The Labute approximate surface area is 165 Å². The molecule has 2 heterocycles. The fraction of sp³-hybridized carbons (Fsp3) is 0.429. The van der Waals surface area contributed by atoms with Crippen LogP contribution in [-0.2, 0) is 17.9 Å². The van der Waals surface area contributed by atoms with Crippen molar-refractivity contribution in [1.82, 2.24) is 10.2 Å². The van der Waals surface area contributed by atoms with E-state index < -0.39 is 0 Å². The number of benzene rings is 1. The summed E-state index contributed by atoms with van der Waals surface area (Å²) in [5.41, 5.74) is 2.45. The second-order valence-electron chi connectivity index (χ2n) is 7.41. The van der Waals surface area contributed by atoms with Crippen LogP contribution in [0, 0.1) is 5.92 Å². The van der Waals surface area contributed by atoms with E-state index in [1.807, 2.05) is 34.5 Å². The van der Waals surface area contributed by atoms with Gasteiger partial charge in [0.25, 0.3) is 5.91 Å². The third-order valence-corrected chi connectivity index (χ3v) is 5.86. The Balaban J connectivity index is 1.50. The highest BCUT2D eigenvalue weighted by Gasteiger charge is 2.28. The third kappa shape index (κ3) is 5.17. The van der Waals surface area contributed by atoms with Crippen molar-refractivity contribution < 1.29 is 14.5 Å².